The van der Waals surface area contributed by atoms with Crippen LogP contribution in [0.3, 0.4) is 0 Å². The van der Waals surface area contributed by atoms with E-state index >= 15 is 0 Å². The number of hydrogen-bond donors (Lipinski definition) is 1. The second-order valence-corrected chi connectivity index (χ2v) is 6.76. The Hall–Kier alpha value is -1.75. The first-order valence-corrected chi connectivity index (χ1v) is 7.60. The molecule has 1 aliphatic rings. The molecule has 2 aromatic rings. The highest BCUT2D eigenvalue weighted by Crippen LogP contribution is 2.32. The predicted octanol–water partition coefficient (Wildman–Crippen LogP) is 2.83. The van der Waals surface area contributed by atoms with Crippen LogP contribution in [-0.4, -0.2) is 31.6 Å². The molecule has 5 heteroatoms. The molecule has 1 aliphatic heterocycles. The van der Waals surface area contributed by atoms with Gasteiger partial charge in [-0.3, -0.25) is 15.0 Å². The van der Waals surface area contributed by atoms with Gasteiger partial charge >= 0.3 is 0 Å². The average molecular weight is 285 g/mol. The van der Waals surface area contributed by atoms with Crippen LogP contribution in [0, 0.1) is 0 Å². The number of likely N-dealkylation sites (tertiary alicyclic amines) is 1. The van der Waals surface area contributed by atoms with E-state index in [0.717, 1.165) is 24.7 Å². The summed E-state index contributed by atoms with van der Waals surface area (Å²) in [6.07, 6.45) is 6.17. The number of aromatic amines is 1. The maximum absolute atomic E-state index is 4.65. The number of pyridine rings is 1. The van der Waals surface area contributed by atoms with Gasteiger partial charge in [0.2, 0.25) is 0 Å². The van der Waals surface area contributed by atoms with Crippen molar-refractivity contribution in [2.45, 2.75) is 51.6 Å². The standard InChI is InChI=1S/C16H23N5/c1-16(2,3)15-18-14(19-20-15)11-21-10-4-5-13(21)12-6-8-17-9-7-12/h6-9,13H,4-5,10-11H2,1-3H3,(H,18,19,20). The summed E-state index contributed by atoms with van der Waals surface area (Å²) in [4.78, 5) is 11.2. The number of nitrogens with one attached hydrogen (secondary N) is 1. The lowest BCUT2D eigenvalue weighted by molar-refractivity contribution is 0.242. The molecule has 3 rings (SSSR count). The van der Waals surface area contributed by atoms with E-state index in [4.69, 9.17) is 0 Å². The summed E-state index contributed by atoms with van der Waals surface area (Å²) in [6.45, 7) is 8.34. The first kappa shape index (κ1) is 14.2. The maximum atomic E-state index is 4.65. The molecule has 1 unspecified atom stereocenters. The van der Waals surface area contributed by atoms with E-state index in [2.05, 4.69) is 58.0 Å². The Balaban J connectivity index is 1.73. The Morgan fingerprint density at radius 2 is 2.05 bits per heavy atom. The van der Waals surface area contributed by atoms with Crippen LogP contribution in [0.2, 0.25) is 0 Å². The van der Waals surface area contributed by atoms with Crippen LogP contribution in [0.25, 0.3) is 0 Å². The van der Waals surface area contributed by atoms with Crippen molar-refractivity contribution in [3.05, 3.63) is 41.7 Å². The molecule has 2 aromatic heterocycles. The minimum absolute atomic E-state index is 0.00966. The predicted molar refractivity (Wildman–Crippen MR) is 81.7 cm³/mol. The molecule has 112 valence electrons. The highest BCUT2D eigenvalue weighted by atomic mass is 15.3. The first-order chi connectivity index (χ1) is 10.0. The molecule has 21 heavy (non-hydrogen) atoms. The Labute approximate surface area is 125 Å². The van der Waals surface area contributed by atoms with Gasteiger partial charge in [-0.05, 0) is 37.1 Å². The van der Waals surface area contributed by atoms with Crippen LogP contribution in [-0.2, 0) is 12.0 Å². The first-order valence-electron chi connectivity index (χ1n) is 7.60. The van der Waals surface area contributed by atoms with E-state index in [1.54, 1.807) is 0 Å². The van der Waals surface area contributed by atoms with E-state index in [0.29, 0.717) is 6.04 Å². The molecule has 0 radical (unpaired) electrons. The van der Waals surface area contributed by atoms with Gasteiger partial charge in [0, 0.05) is 23.9 Å². The summed E-state index contributed by atoms with van der Waals surface area (Å²) in [5, 5.41) is 7.45. The molecular weight excluding hydrogens is 262 g/mol. The molecule has 0 spiro atoms. The zero-order valence-electron chi connectivity index (χ0n) is 13.0. The zero-order chi connectivity index (χ0) is 14.9. The van der Waals surface area contributed by atoms with Crippen molar-refractivity contribution in [2.24, 2.45) is 0 Å². The van der Waals surface area contributed by atoms with Crippen molar-refractivity contribution < 1.29 is 0 Å². The molecule has 0 amide bonds. The van der Waals surface area contributed by atoms with Crippen LogP contribution in [0.15, 0.2) is 24.5 Å². The minimum Gasteiger partial charge on any atom is -0.289 e. The van der Waals surface area contributed by atoms with Crippen LogP contribution >= 0.6 is 0 Å². The quantitative estimate of drug-likeness (QED) is 0.942. The van der Waals surface area contributed by atoms with Crippen molar-refractivity contribution in [3.8, 4) is 0 Å². The van der Waals surface area contributed by atoms with Crippen molar-refractivity contribution in [1.29, 1.82) is 0 Å². The second kappa shape index (κ2) is 5.56. The topological polar surface area (TPSA) is 57.7 Å². The molecule has 1 saturated heterocycles. The van der Waals surface area contributed by atoms with Crippen LogP contribution in [0.4, 0.5) is 0 Å². The SMILES string of the molecule is CC(C)(C)c1n[nH]c(CN2CCCC2c2ccncc2)n1. The van der Waals surface area contributed by atoms with Crippen molar-refractivity contribution in [2.75, 3.05) is 6.54 Å². The normalized spacial score (nSPS) is 20.0. The van der Waals surface area contributed by atoms with Crippen LogP contribution in [0.5, 0.6) is 0 Å². The van der Waals surface area contributed by atoms with Gasteiger partial charge in [0.25, 0.3) is 0 Å². The molecule has 3 heterocycles. The summed E-state index contributed by atoms with van der Waals surface area (Å²) in [7, 11) is 0. The van der Waals surface area contributed by atoms with Gasteiger partial charge in [0.05, 0.1) is 6.54 Å². The summed E-state index contributed by atoms with van der Waals surface area (Å²) in [5.74, 6) is 1.85. The molecule has 1 atom stereocenters. The lowest BCUT2D eigenvalue weighted by Gasteiger charge is -2.23. The minimum atomic E-state index is -0.00966. The highest BCUT2D eigenvalue weighted by molar-refractivity contribution is 5.16. The average Bonchev–Trinajstić information content (AvgIpc) is 3.09. The molecule has 1 N–H and O–H groups in total. The summed E-state index contributed by atoms with van der Waals surface area (Å²) in [6, 6.07) is 4.70. The van der Waals surface area contributed by atoms with Gasteiger partial charge < -0.3 is 0 Å². The zero-order valence-corrected chi connectivity index (χ0v) is 13.0. The Kier molecular flexibility index (Phi) is 3.76. The van der Waals surface area contributed by atoms with E-state index < -0.39 is 0 Å². The van der Waals surface area contributed by atoms with Crippen molar-refractivity contribution in [3.63, 3.8) is 0 Å². The van der Waals surface area contributed by atoms with E-state index in [-0.39, 0.29) is 5.41 Å². The fourth-order valence-electron chi connectivity index (χ4n) is 2.87. The highest BCUT2D eigenvalue weighted by Gasteiger charge is 2.27. The van der Waals surface area contributed by atoms with Crippen molar-refractivity contribution >= 4 is 0 Å². The fraction of sp³-hybridized carbons (Fsp3) is 0.562. The summed E-state index contributed by atoms with van der Waals surface area (Å²) in [5.41, 5.74) is 1.34. The Morgan fingerprint density at radius 1 is 1.29 bits per heavy atom. The van der Waals surface area contributed by atoms with Crippen LogP contribution < -0.4 is 0 Å². The lowest BCUT2D eigenvalue weighted by Crippen LogP contribution is -2.23. The molecule has 0 aliphatic carbocycles. The molecule has 1 fully saturated rings. The fourth-order valence-corrected chi connectivity index (χ4v) is 2.87. The largest absolute Gasteiger partial charge is 0.289 e. The van der Waals surface area contributed by atoms with E-state index in [9.17, 15) is 0 Å². The Bertz CT molecular complexity index is 584. The van der Waals surface area contributed by atoms with Gasteiger partial charge in [-0.2, -0.15) is 5.10 Å². The molecule has 0 saturated carbocycles. The van der Waals surface area contributed by atoms with Gasteiger partial charge in [0.1, 0.15) is 5.82 Å². The summed E-state index contributed by atoms with van der Waals surface area (Å²) < 4.78 is 0. The number of hydrogen-bond acceptors (Lipinski definition) is 4. The molecule has 0 aromatic carbocycles. The van der Waals surface area contributed by atoms with Crippen LogP contribution in [0.1, 0.15) is 56.9 Å². The smallest absolute Gasteiger partial charge is 0.156 e. The lowest BCUT2D eigenvalue weighted by atomic mass is 9.96. The summed E-state index contributed by atoms with van der Waals surface area (Å²) >= 11 is 0. The van der Waals surface area contributed by atoms with Gasteiger partial charge in [0.15, 0.2) is 5.82 Å². The number of nitrogens with zero attached hydrogens (tertiary/aromatic N) is 4. The number of rotatable bonds is 3. The molecular formula is C16H23N5. The molecule has 5 nitrogen and oxygen atoms in total. The number of aromatic nitrogens is 4. The monoisotopic (exact) mass is 285 g/mol. The maximum Gasteiger partial charge on any atom is 0.156 e. The third-order valence-electron chi connectivity index (χ3n) is 4.01. The van der Waals surface area contributed by atoms with E-state index in [1.807, 2.05) is 12.4 Å². The van der Waals surface area contributed by atoms with Gasteiger partial charge in [-0.1, -0.05) is 20.8 Å². The Morgan fingerprint density at radius 3 is 2.71 bits per heavy atom. The second-order valence-electron chi connectivity index (χ2n) is 6.76. The third kappa shape index (κ3) is 3.13. The third-order valence-corrected chi connectivity index (χ3v) is 4.01. The van der Waals surface area contributed by atoms with E-state index in [1.165, 1.54) is 18.4 Å². The molecule has 0 bridgehead atoms. The van der Waals surface area contributed by atoms with Crippen molar-refractivity contribution in [1.82, 2.24) is 25.1 Å². The van der Waals surface area contributed by atoms with Gasteiger partial charge in [-0.25, -0.2) is 4.98 Å². The number of H-pyrrole nitrogens is 1. The van der Waals surface area contributed by atoms with Gasteiger partial charge in [-0.15, -0.1) is 0 Å².